The van der Waals surface area contributed by atoms with E-state index in [1.54, 1.807) is 38.5 Å². The molecule has 0 spiro atoms. The Balaban J connectivity index is 1.79. The van der Waals surface area contributed by atoms with E-state index >= 15 is 0 Å². The Labute approximate surface area is 203 Å². The lowest BCUT2D eigenvalue weighted by molar-refractivity contribution is -0.129. The molecule has 0 saturated carbocycles. The Bertz CT molecular complexity index is 1400. The number of fused-ring (bicyclic) bond motifs is 1. The number of carbonyl (C=O) groups is 2. The minimum atomic E-state index is -3.10. The van der Waals surface area contributed by atoms with Gasteiger partial charge in [-0.2, -0.15) is 19.0 Å². The molecule has 11 nitrogen and oxygen atoms in total. The molecule has 13 heteroatoms. The van der Waals surface area contributed by atoms with Gasteiger partial charge in [-0.1, -0.05) is 6.07 Å². The van der Waals surface area contributed by atoms with Gasteiger partial charge in [-0.3, -0.25) is 14.3 Å². The van der Waals surface area contributed by atoms with Gasteiger partial charge >= 0.3 is 6.61 Å². The van der Waals surface area contributed by atoms with Crippen molar-refractivity contribution >= 4 is 23.1 Å². The molecule has 1 aromatic carbocycles. The van der Waals surface area contributed by atoms with Crippen LogP contribution in [0.4, 0.5) is 14.5 Å². The molecule has 0 fully saturated rings. The molecule has 36 heavy (non-hydrogen) atoms. The summed E-state index contributed by atoms with van der Waals surface area (Å²) in [4.78, 5) is 31.0. The SMILES string of the molecule is CN(C)C(=O)Cn1cc(NC(=O)c2cnn3cccnc23)c(-c2cc(CCO)ccc2OC(F)F)n1. The molecule has 4 aromatic rings. The van der Waals surface area contributed by atoms with E-state index in [0.29, 0.717) is 11.2 Å². The third kappa shape index (κ3) is 5.30. The van der Waals surface area contributed by atoms with E-state index in [9.17, 15) is 23.5 Å². The molecule has 2 N–H and O–H groups in total. The van der Waals surface area contributed by atoms with Gasteiger partial charge in [-0.15, -0.1) is 0 Å². The number of aliphatic hydroxyl groups is 1. The first-order valence-electron chi connectivity index (χ1n) is 10.8. The van der Waals surface area contributed by atoms with Gasteiger partial charge in [0.2, 0.25) is 5.91 Å². The van der Waals surface area contributed by atoms with Crippen molar-refractivity contribution in [1.29, 1.82) is 0 Å². The maximum absolute atomic E-state index is 13.2. The summed E-state index contributed by atoms with van der Waals surface area (Å²) in [5.74, 6) is -1.01. The van der Waals surface area contributed by atoms with Gasteiger partial charge in [0.05, 0.1) is 11.9 Å². The molecule has 3 aromatic heterocycles. The van der Waals surface area contributed by atoms with Crippen molar-refractivity contribution in [2.24, 2.45) is 0 Å². The minimum absolute atomic E-state index is 0.106. The normalized spacial score (nSPS) is 11.2. The van der Waals surface area contributed by atoms with E-state index in [4.69, 9.17) is 4.74 Å². The van der Waals surface area contributed by atoms with Crippen LogP contribution in [-0.4, -0.2) is 73.5 Å². The highest BCUT2D eigenvalue weighted by molar-refractivity contribution is 6.09. The zero-order valence-electron chi connectivity index (χ0n) is 19.4. The number of hydrogen-bond donors (Lipinski definition) is 2. The summed E-state index contributed by atoms with van der Waals surface area (Å²) in [6.07, 6.45) is 6.20. The third-order valence-corrected chi connectivity index (χ3v) is 5.25. The second-order valence-electron chi connectivity index (χ2n) is 7.96. The number of aromatic nitrogens is 5. The van der Waals surface area contributed by atoms with E-state index in [1.165, 1.54) is 38.8 Å². The van der Waals surface area contributed by atoms with Crippen LogP contribution in [0.25, 0.3) is 16.9 Å². The summed E-state index contributed by atoms with van der Waals surface area (Å²) in [6.45, 7) is -3.42. The summed E-state index contributed by atoms with van der Waals surface area (Å²) in [5, 5.41) is 20.6. The van der Waals surface area contributed by atoms with Gasteiger partial charge in [-0.05, 0) is 30.2 Å². The molecule has 0 bridgehead atoms. The molecular weight excluding hydrogens is 476 g/mol. The topological polar surface area (TPSA) is 127 Å². The van der Waals surface area contributed by atoms with E-state index < -0.39 is 12.5 Å². The average molecular weight is 499 g/mol. The van der Waals surface area contributed by atoms with E-state index in [0.717, 1.165) is 0 Å². The van der Waals surface area contributed by atoms with Crippen LogP contribution in [-0.2, 0) is 17.8 Å². The predicted octanol–water partition coefficient (Wildman–Crippen LogP) is 2.07. The Kier molecular flexibility index (Phi) is 7.20. The summed E-state index contributed by atoms with van der Waals surface area (Å²) in [5.41, 5.74) is 1.55. The van der Waals surface area contributed by atoms with Crippen molar-refractivity contribution in [3.8, 4) is 17.0 Å². The van der Waals surface area contributed by atoms with Gasteiger partial charge in [0.1, 0.15) is 23.6 Å². The van der Waals surface area contributed by atoms with Gasteiger partial charge < -0.3 is 20.1 Å². The van der Waals surface area contributed by atoms with Crippen LogP contribution >= 0.6 is 0 Å². The summed E-state index contributed by atoms with van der Waals surface area (Å²) < 4.78 is 33.7. The smallest absolute Gasteiger partial charge is 0.387 e. The largest absolute Gasteiger partial charge is 0.434 e. The fraction of sp³-hybridized carbons (Fsp3) is 0.261. The molecule has 3 heterocycles. The van der Waals surface area contributed by atoms with Crippen LogP contribution in [0, 0.1) is 0 Å². The van der Waals surface area contributed by atoms with Gasteiger partial charge in [-0.25, -0.2) is 9.50 Å². The first kappa shape index (κ1) is 24.7. The Morgan fingerprint density at radius 2 is 2.08 bits per heavy atom. The van der Waals surface area contributed by atoms with E-state index in [2.05, 4.69) is 20.5 Å². The molecule has 0 atom stereocenters. The Morgan fingerprint density at radius 3 is 2.81 bits per heavy atom. The standard InChI is InChI=1S/C23H23F2N7O4/c1-30(2)19(34)13-31-12-17(28-22(35)16-11-27-32-8-3-7-26-21(16)32)20(29-31)15-10-14(6-9-33)4-5-18(15)36-23(24)25/h3-5,7-8,10-12,23,33H,6,9,13H2,1-2H3,(H,28,35). The highest BCUT2D eigenvalue weighted by atomic mass is 19.3. The predicted molar refractivity (Wildman–Crippen MR) is 125 cm³/mol. The number of likely N-dealkylation sites (N-methyl/N-ethyl adjacent to an activating group) is 1. The number of rotatable bonds is 9. The van der Waals surface area contributed by atoms with Crippen molar-refractivity contribution in [2.75, 3.05) is 26.0 Å². The molecule has 0 radical (unpaired) electrons. The molecule has 0 aliphatic rings. The number of halogens is 2. The van der Waals surface area contributed by atoms with E-state index in [1.807, 2.05) is 0 Å². The van der Waals surface area contributed by atoms with Gasteiger partial charge in [0.15, 0.2) is 5.65 Å². The lowest BCUT2D eigenvalue weighted by Crippen LogP contribution is -2.26. The molecule has 0 aliphatic carbocycles. The Morgan fingerprint density at radius 1 is 1.28 bits per heavy atom. The van der Waals surface area contributed by atoms with Gasteiger partial charge in [0.25, 0.3) is 5.91 Å². The highest BCUT2D eigenvalue weighted by Gasteiger charge is 2.23. The molecular formula is C23H23F2N7O4. The molecule has 188 valence electrons. The van der Waals surface area contributed by atoms with Crippen LogP contribution < -0.4 is 10.1 Å². The number of benzene rings is 1. The Hall–Kier alpha value is -4.39. The van der Waals surface area contributed by atoms with Crippen molar-refractivity contribution in [1.82, 2.24) is 29.3 Å². The van der Waals surface area contributed by atoms with Crippen molar-refractivity contribution in [3.63, 3.8) is 0 Å². The zero-order valence-corrected chi connectivity index (χ0v) is 19.4. The number of alkyl halides is 2. The number of hydrogen-bond acceptors (Lipinski definition) is 7. The number of amides is 2. The molecule has 0 unspecified atom stereocenters. The number of nitrogens with one attached hydrogen (secondary N) is 1. The first-order valence-corrected chi connectivity index (χ1v) is 10.8. The second kappa shape index (κ2) is 10.5. The maximum Gasteiger partial charge on any atom is 0.387 e. The lowest BCUT2D eigenvalue weighted by atomic mass is 10.0. The van der Waals surface area contributed by atoms with Crippen molar-refractivity contribution in [3.05, 3.63) is 60.2 Å². The number of carbonyl (C=O) groups excluding carboxylic acids is 2. The third-order valence-electron chi connectivity index (χ3n) is 5.25. The summed E-state index contributed by atoms with van der Waals surface area (Å²) in [7, 11) is 3.17. The van der Waals surface area contributed by atoms with Crippen LogP contribution in [0.1, 0.15) is 15.9 Å². The van der Waals surface area contributed by atoms with Crippen LogP contribution in [0.3, 0.4) is 0 Å². The fourth-order valence-electron chi connectivity index (χ4n) is 3.50. The fourth-order valence-corrected chi connectivity index (χ4v) is 3.50. The number of aliphatic hydroxyl groups excluding tert-OH is 1. The van der Waals surface area contributed by atoms with Crippen molar-refractivity contribution < 1.29 is 28.2 Å². The summed E-state index contributed by atoms with van der Waals surface area (Å²) >= 11 is 0. The quantitative estimate of drug-likeness (QED) is 0.361. The molecule has 0 aliphatic heterocycles. The zero-order chi connectivity index (χ0) is 25.8. The molecule has 4 rings (SSSR count). The number of ether oxygens (including phenoxy) is 1. The van der Waals surface area contributed by atoms with Crippen LogP contribution in [0.5, 0.6) is 5.75 Å². The monoisotopic (exact) mass is 499 g/mol. The maximum atomic E-state index is 13.2. The number of nitrogens with zero attached hydrogens (tertiary/aromatic N) is 6. The minimum Gasteiger partial charge on any atom is -0.434 e. The van der Waals surface area contributed by atoms with E-state index in [-0.39, 0.29) is 53.7 Å². The lowest BCUT2D eigenvalue weighted by Gasteiger charge is -2.13. The number of anilines is 1. The highest BCUT2D eigenvalue weighted by Crippen LogP contribution is 2.36. The van der Waals surface area contributed by atoms with Crippen LogP contribution in [0.2, 0.25) is 0 Å². The second-order valence-corrected chi connectivity index (χ2v) is 7.96. The first-order chi connectivity index (χ1) is 17.3. The van der Waals surface area contributed by atoms with Gasteiger partial charge in [0, 0.05) is 44.9 Å². The van der Waals surface area contributed by atoms with Crippen molar-refractivity contribution in [2.45, 2.75) is 19.6 Å². The molecule has 2 amide bonds. The van der Waals surface area contributed by atoms with Crippen LogP contribution in [0.15, 0.2) is 49.1 Å². The summed E-state index contributed by atoms with van der Waals surface area (Å²) in [6, 6.07) is 6.10. The molecule has 0 saturated heterocycles. The average Bonchev–Trinajstić information content (AvgIpc) is 3.44.